The average Bonchev–Trinajstić information content (AvgIpc) is 2.45. The van der Waals surface area contributed by atoms with Gasteiger partial charge in [-0.1, -0.05) is 0 Å². The first-order chi connectivity index (χ1) is 9.76. The zero-order valence-electron chi connectivity index (χ0n) is 12.2. The molecule has 1 aromatic heterocycles. The first-order valence-corrected chi connectivity index (χ1v) is 8.02. The molecule has 4 heteroatoms. The Balaban J connectivity index is 1.70. The maximum atomic E-state index is 5.80. The van der Waals surface area contributed by atoms with Crippen molar-refractivity contribution in [1.82, 2.24) is 9.97 Å². The third kappa shape index (κ3) is 1.93. The molecule has 108 valence electrons. The number of aromatic nitrogens is 2. The molecule has 0 spiro atoms. The SMILES string of the molecule is CNc1cc(CN)nc(C2C3CC4CC(C3)CC2C4)n1. The largest absolute Gasteiger partial charge is 0.373 e. The average molecular weight is 272 g/mol. The molecule has 0 aliphatic heterocycles. The predicted molar refractivity (Wildman–Crippen MR) is 79.3 cm³/mol. The molecule has 4 fully saturated rings. The van der Waals surface area contributed by atoms with Crippen molar-refractivity contribution in [3.05, 3.63) is 17.6 Å². The highest BCUT2D eigenvalue weighted by Gasteiger charge is 2.49. The van der Waals surface area contributed by atoms with E-state index in [9.17, 15) is 0 Å². The van der Waals surface area contributed by atoms with Gasteiger partial charge in [-0.05, 0) is 55.8 Å². The van der Waals surface area contributed by atoms with Gasteiger partial charge in [0.1, 0.15) is 11.6 Å². The molecule has 4 aliphatic rings. The number of anilines is 1. The van der Waals surface area contributed by atoms with E-state index in [4.69, 9.17) is 15.7 Å². The van der Waals surface area contributed by atoms with Crippen molar-refractivity contribution in [3.8, 4) is 0 Å². The molecule has 3 N–H and O–H groups in total. The van der Waals surface area contributed by atoms with E-state index >= 15 is 0 Å². The van der Waals surface area contributed by atoms with Gasteiger partial charge in [-0.15, -0.1) is 0 Å². The number of hydrogen-bond acceptors (Lipinski definition) is 4. The van der Waals surface area contributed by atoms with E-state index in [1.165, 1.54) is 32.1 Å². The molecular formula is C16H24N4. The maximum Gasteiger partial charge on any atom is 0.134 e. The lowest BCUT2D eigenvalue weighted by Gasteiger charge is -2.53. The maximum absolute atomic E-state index is 5.80. The summed E-state index contributed by atoms with van der Waals surface area (Å²) in [5.41, 5.74) is 6.76. The Bertz CT molecular complexity index is 463. The highest BCUT2D eigenvalue weighted by Crippen LogP contribution is 2.59. The van der Waals surface area contributed by atoms with Crippen molar-refractivity contribution in [2.75, 3.05) is 12.4 Å². The van der Waals surface area contributed by atoms with Crippen LogP contribution in [-0.4, -0.2) is 17.0 Å². The number of nitrogens with two attached hydrogens (primary N) is 1. The molecule has 4 aliphatic carbocycles. The van der Waals surface area contributed by atoms with Gasteiger partial charge in [0, 0.05) is 25.6 Å². The van der Waals surface area contributed by atoms with Gasteiger partial charge in [0.2, 0.25) is 0 Å². The zero-order chi connectivity index (χ0) is 13.7. The second kappa shape index (κ2) is 4.69. The smallest absolute Gasteiger partial charge is 0.134 e. The van der Waals surface area contributed by atoms with Crippen LogP contribution in [0, 0.1) is 23.7 Å². The molecule has 0 amide bonds. The van der Waals surface area contributed by atoms with Crippen LogP contribution < -0.4 is 11.1 Å². The Morgan fingerprint density at radius 2 is 1.75 bits per heavy atom. The minimum Gasteiger partial charge on any atom is -0.373 e. The number of nitrogens with one attached hydrogen (secondary N) is 1. The summed E-state index contributed by atoms with van der Waals surface area (Å²) in [7, 11) is 1.92. The van der Waals surface area contributed by atoms with E-state index in [0.29, 0.717) is 12.5 Å². The molecule has 4 nitrogen and oxygen atoms in total. The second-order valence-electron chi connectivity index (χ2n) is 7.01. The van der Waals surface area contributed by atoms with Crippen LogP contribution in [0.1, 0.15) is 49.5 Å². The summed E-state index contributed by atoms with van der Waals surface area (Å²) in [5, 5.41) is 3.16. The lowest BCUT2D eigenvalue weighted by atomic mass is 9.51. The van der Waals surface area contributed by atoms with E-state index in [2.05, 4.69) is 5.32 Å². The topological polar surface area (TPSA) is 63.8 Å². The van der Waals surface area contributed by atoms with Crippen LogP contribution in [0.4, 0.5) is 5.82 Å². The summed E-state index contributed by atoms with van der Waals surface area (Å²) >= 11 is 0. The summed E-state index contributed by atoms with van der Waals surface area (Å²) in [4.78, 5) is 9.54. The predicted octanol–water partition coefficient (Wildman–Crippen LogP) is 2.52. The summed E-state index contributed by atoms with van der Waals surface area (Å²) in [6, 6.07) is 1.97. The Morgan fingerprint density at radius 3 is 2.30 bits per heavy atom. The van der Waals surface area contributed by atoms with Crippen molar-refractivity contribution >= 4 is 5.82 Å². The lowest BCUT2D eigenvalue weighted by molar-refractivity contribution is -0.00566. The normalized spacial score (nSPS) is 38.2. The van der Waals surface area contributed by atoms with E-state index in [1.807, 2.05) is 13.1 Å². The highest BCUT2D eigenvalue weighted by molar-refractivity contribution is 5.36. The van der Waals surface area contributed by atoms with Crippen LogP contribution in [0.15, 0.2) is 6.07 Å². The Morgan fingerprint density at radius 1 is 1.10 bits per heavy atom. The third-order valence-corrected chi connectivity index (χ3v) is 5.79. The Hall–Kier alpha value is -1.16. The van der Waals surface area contributed by atoms with Crippen molar-refractivity contribution in [3.63, 3.8) is 0 Å². The monoisotopic (exact) mass is 272 g/mol. The van der Waals surface area contributed by atoms with Crippen LogP contribution in [-0.2, 0) is 6.54 Å². The van der Waals surface area contributed by atoms with E-state index in [0.717, 1.165) is 41.0 Å². The molecular weight excluding hydrogens is 248 g/mol. The summed E-state index contributed by atoms with van der Waals surface area (Å²) in [5.74, 6) is 6.20. The van der Waals surface area contributed by atoms with Gasteiger partial charge < -0.3 is 11.1 Å². The first kappa shape index (κ1) is 12.6. The highest BCUT2D eigenvalue weighted by atomic mass is 15.0. The van der Waals surface area contributed by atoms with Gasteiger partial charge in [0.05, 0.1) is 5.69 Å². The lowest BCUT2D eigenvalue weighted by Crippen LogP contribution is -2.44. The van der Waals surface area contributed by atoms with E-state index < -0.39 is 0 Å². The molecule has 4 bridgehead atoms. The van der Waals surface area contributed by atoms with Crippen LogP contribution >= 0.6 is 0 Å². The van der Waals surface area contributed by atoms with Gasteiger partial charge in [-0.2, -0.15) is 0 Å². The minimum atomic E-state index is 0.498. The molecule has 20 heavy (non-hydrogen) atoms. The molecule has 1 heterocycles. The fourth-order valence-electron chi connectivity index (χ4n) is 5.25. The minimum absolute atomic E-state index is 0.498. The zero-order valence-corrected chi connectivity index (χ0v) is 12.2. The molecule has 0 aromatic carbocycles. The van der Waals surface area contributed by atoms with E-state index in [-0.39, 0.29) is 0 Å². The van der Waals surface area contributed by atoms with Crippen LogP contribution in [0.25, 0.3) is 0 Å². The summed E-state index contributed by atoms with van der Waals surface area (Å²) in [6.45, 7) is 0.498. The van der Waals surface area contributed by atoms with Gasteiger partial charge in [0.15, 0.2) is 0 Å². The van der Waals surface area contributed by atoms with Crippen molar-refractivity contribution in [1.29, 1.82) is 0 Å². The molecule has 0 unspecified atom stereocenters. The number of nitrogens with zero attached hydrogens (tertiary/aromatic N) is 2. The van der Waals surface area contributed by atoms with Crippen molar-refractivity contribution < 1.29 is 0 Å². The van der Waals surface area contributed by atoms with Gasteiger partial charge in [0.25, 0.3) is 0 Å². The van der Waals surface area contributed by atoms with Gasteiger partial charge in [-0.25, -0.2) is 9.97 Å². The Labute approximate surface area is 120 Å². The van der Waals surface area contributed by atoms with Gasteiger partial charge in [-0.3, -0.25) is 0 Å². The van der Waals surface area contributed by atoms with Crippen LogP contribution in [0.2, 0.25) is 0 Å². The van der Waals surface area contributed by atoms with Crippen LogP contribution in [0.5, 0.6) is 0 Å². The number of rotatable bonds is 3. The van der Waals surface area contributed by atoms with Gasteiger partial charge >= 0.3 is 0 Å². The quantitative estimate of drug-likeness (QED) is 0.887. The fraction of sp³-hybridized carbons (Fsp3) is 0.750. The molecule has 0 atom stereocenters. The fourth-order valence-corrected chi connectivity index (χ4v) is 5.25. The van der Waals surface area contributed by atoms with Crippen molar-refractivity contribution in [2.24, 2.45) is 29.4 Å². The molecule has 0 radical (unpaired) electrons. The third-order valence-electron chi connectivity index (χ3n) is 5.79. The van der Waals surface area contributed by atoms with Crippen LogP contribution in [0.3, 0.4) is 0 Å². The molecule has 1 aromatic rings. The molecule has 4 saturated carbocycles. The summed E-state index contributed by atoms with van der Waals surface area (Å²) in [6.07, 6.45) is 7.11. The van der Waals surface area contributed by atoms with E-state index in [1.54, 1.807) is 0 Å². The number of hydrogen-bond donors (Lipinski definition) is 2. The first-order valence-electron chi connectivity index (χ1n) is 8.02. The standard InChI is InChI=1S/C16H24N4/c1-18-14-7-13(8-17)19-16(20-14)15-11-3-9-2-10(5-11)6-12(15)4-9/h7,9-12,15H,2-6,8,17H2,1H3,(H,18,19,20). The van der Waals surface area contributed by atoms with Crippen molar-refractivity contribution in [2.45, 2.75) is 44.6 Å². The molecule has 5 rings (SSSR count). The second-order valence-corrected chi connectivity index (χ2v) is 7.01. The molecule has 0 saturated heterocycles. The Kier molecular flexibility index (Phi) is 2.95. The summed E-state index contributed by atoms with van der Waals surface area (Å²) < 4.78 is 0.